The Balaban J connectivity index is 3.18. The van der Waals surface area contributed by atoms with E-state index < -0.39 is 12.1 Å². The van der Waals surface area contributed by atoms with Crippen LogP contribution in [0.4, 0.5) is 4.39 Å². The molecule has 0 amide bonds. The van der Waals surface area contributed by atoms with Gasteiger partial charge in [-0.1, -0.05) is 0 Å². The molecule has 0 aliphatic rings. The summed E-state index contributed by atoms with van der Waals surface area (Å²) in [5, 5.41) is 0. The summed E-state index contributed by atoms with van der Waals surface area (Å²) in [5.41, 5.74) is 0. The predicted octanol–water partition coefficient (Wildman–Crippen LogP) is 1.09. The van der Waals surface area contributed by atoms with Gasteiger partial charge < -0.3 is 9.47 Å². The molecule has 0 heterocycles. The number of alkyl halides is 1. The molecule has 0 rings (SSSR count). The topological polar surface area (TPSA) is 35.5 Å². The summed E-state index contributed by atoms with van der Waals surface area (Å²) < 4.78 is 21.2. The average molecular weight is 163 g/mol. The standard InChI is InChI=1S/C7H12FO3/c1-3-10-4-5-11-7(9)6(2)8/h5-6H,3-4H2,1-2H3. The summed E-state index contributed by atoms with van der Waals surface area (Å²) in [7, 11) is 0. The van der Waals surface area contributed by atoms with E-state index in [0.717, 1.165) is 13.5 Å². The van der Waals surface area contributed by atoms with Gasteiger partial charge in [0, 0.05) is 6.61 Å². The molecule has 0 aliphatic heterocycles. The molecule has 0 aromatic rings. The van der Waals surface area contributed by atoms with Crippen molar-refractivity contribution >= 4 is 5.97 Å². The van der Waals surface area contributed by atoms with Crippen molar-refractivity contribution in [3.63, 3.8) is 0 Å². The lowest BCUT2D eigenvalue weighted by molar-refractivity contribution is -0.146. The van der Waals surface area contributed by atoms with Crippen LogP contribution in [0.5, 0.6) is 0 Å². The van der Waals surface area contributed by atoms with Gasteiger partial charge in [-0.3, -0.25) is 0 Å². The van der Waals surface area contributed by atoms with Gasteiger partial charge in [0.05, 0.1) is 6.61 Å². The summed E-state index contributed by atoms with van der Waals surface area (Å²) in [4.78, 5) is 10.4. The summed E-state index contributed by atoms with van der Waals surface area (Å²) in [6, 6.07) is 0. The number of hydrogen-bond donors (Lipinski definition) is 0. The first-order valence-corrected chi connectivity index (χ1v) is 3.42. The van der Waals surface area contributed by atoms with Crippen LogP contribution in [0.3, 0.4) is 0 Å². The molecule has 0 N–H and O–H groups in total. The highest BCUT2D eigenvalue weighted by atomic mass is 19.1. The van der Waals surface area contributed by atoms with Crippen LogP contribution in [0.15, 0.2) is 0 Å². The van der Waals surface area contributed by atoms with Crippen LogP contribution in [-0.4, -0.2) is 25.4 Å². The van der Waals surface area contributed by atoms with Crippen LogP contribution in [-0.2, 0) is 14.3 Å². The SMILES string of the molecule is CCOC[CH]OC(=O)C(C)F. The Labute approximate surface area is 65.5 Å². The predicted molar refractivity (Wildman–Crippen MR) is 37.5 cm³/mol. The molecule has 0 saturated carbocycles. The molecule has 0 bridgehead atoms. The highest BCUT2D eigenvalue weighted by Crippen LogP contribution is 1.94. The minimum absolute atomic E-state index is 0.203. The lowest BCUT2D eigenvalue weighted by Crippen LogP contribution is -2.15. The number of halogens is 1. The van der Waals surface area contributed by atoms with E-state index in [1.807, 2.05) is 6.92 Å². The second-order valence-corrected chi connectivity index (χ2v) is 1.88. The lowest BCUT2D eigenvalue weighted by atomic mass is 10.4. The fourth-order valence-electron chi connectivity index (χ4n) is 0.376. The van der Waals surface area contributed by atoms with E-state index in [1.165, 1.54) is 0 Å². The first-order valence-electron chi connectivity index (χ1n) is 3.42. The van der Waals surface area contributed by atoms with E-state index in [1.54, 1.807) is 0 Å². The van der Waals surface area contributed by atoms with Crippen LogP contribution >= 0.6 is 0 Å². The molecular weight excluding hydrogens is 151 g/mol. The van der Waals surface area contributed by atoms with Crippen molar-refractivity contribution in [1.29, 1.82) is 0 Å². The quantitative estimate of drug-likeness (QED) is 0.449. The van der Waals surface area contributed by atoms with Gasteiger partial charge in [-0.2, -0.15) is 0 Å². The van der Waals surface area contributed by atoms with Crippen molar-refractivity contribution in [2.45, 2.75) is 20.0 Å². The Morgan fingerprint density at radius 2 is 2.36 bits per heavy atom. The highest BCUT2D eigenvalue weighted by molar-refractivity contribution is 5.74. The first kappa shape index (κ1) is 10.4. The minimum atomic E-state index is -1.58. The van der Waals surface area contributed by atoms with Gasteiger partial charge in [-0.05, 0) is 13.8 Å². The van der Waals surface area contributed by atoms with E-state index in [9.17, 15) is 9.18 Å². The van der Waals surface area contributed by atoms with E-state index in [2.05, 4.69) is 4.74 Å². The van der Waals surface area contributed by atoms with Gasteiger partial charge in [0.15, 0.2) is 12.8 Å². The Kier molecular flexibility index (Phi) is 5.74. The molecule has 0 aromatic heterocycles. The number of ether oxygens (including phenoxy) is 2. The monoisotopic (exact) mass is 163 g/mol. The second kappa shape index (κ2) is 6.09. The number of hydrogen-bond acceptors (Lipinski definition) is 3. The first-order chi connectivity index (χ1) is 5.18. The molecule has 11 heavy (non-hydrogen) atoms. The van der Waals surface area contributed by atoms with Crippen molar-refractivity contribution < 1.29 is 18.7 Å². The molecule has 1 atom stereocenters. The molecule has 0 aliphatic carbocycles. The van der Waals surface area contributed by atoms with Crippen LogP contribution < -0.4 is 0 Å². The molecule has 0 aromatic carbocycles. The highest BCUT2D eigenvalue weighted by Gasteiger charge is 2.11. The van der Waals surface area contributed by atoms with Crippen molar-refractivity contribution in [3.05, 3.63) is 6.61 Å². The van der Waals surface area contributed by atoms with E-state index in [4.69, 9.17) is 4.74 Å². The molecule has 0 saturated heterocycles. The number of rotatable bonds is 5. The Hall–Kier alpha value is -0.640. The fraction of sp³-hybridized carbons (Fsp3) is 0.714. The molecule has 1 radical (unpaired) electrons. The third-order valence-electron chi connectivity index (χ3n) is 0.914. The van der Waals surface area contributed by atoms with Crippen molar-refractivity contribution in [2.24, 2.45) is 0 Å². The molecule has 0 spiro atoms. The Morgan fingerprint density at radius 1 is 1.73 bits per heavy atom. The zero-order valence-corrected chi connectivity index (χ0v) is 6.67. The van der Waals surface area contributed by atoms with Crippen molar-refractivity contribution in [2.75, 3.05) is 13.2 Å². The maximum Gasteiger partial charge on any atom is 0.340 e. The minimum Gasteiger partial charge on any atom is -0.454 e. The molecule has 65 valence electrons. The number of carbonyl (C=O) groups is 1. The second-order valence-electron chi connectivity index (χ2n) is 1.88. The Bertz CT molecular complexity index is 114. The van der Waals surface area contributed by atoms with Crippen LogP contribution in [0, 0.1) is 6.61 Å². The lowest BCUT2D eigenvalue weighted by Gasteiger charge is -2.03. The van der Waals surface area contributed by atoms with Gasteiger partial charge in [0.1, 0.15) is 0 Å². The van der Waals surface area contributed by atoms with Crippen molar-refractivity contribution in [3.8, 4) is 0 Å². The van der Waals surface area contributed by atoms with Gasteiger partial charge in [-0.15, -0.1) is 0 Å². The third-order valence-corrected chi connectivity index (χ3v) is 0.914. The van der Waals surface area contributed by atoms with Gasteiger partial charge in [0.2, 0.25) is 0 Å². The summed E-state index contributed by atoms with van der Waals surface area (Å²) >= 11 is 0. The van der Waals surface area contributed by atoms with E-state index >= 15 is 0 Å². The number of carbonyl (C=O) groups excluding carboxylic acids is 1. The van der Waals surface area contributed by atoms with E-state index in [-0.39, 0.29) is 6.61 Å². The summed E-state index contributed by atoms with van der Waals surface area (Å²) in [5.74, 6) is -0.885. The molecule has 3 nitrogen and oxygen atoms in total. The average Bonchev–Trinajstić information content (AvgIpc) is 1.97. The summed E-state index contributed by atoms with van der Waals surface area (Å²) in [6.45, 7) is 4.82. The third kappa shape index (κ3) is 5.79. The van der Waals surface area contributed by atoms with Crippen molar-refractivity contribution in [1.82, 2.24) is 0 Å². The number of esters is 1. The molecule has 1 unspecified atom stereocenters. The smallest absolute Gasteiger partial charge is 0.340 e. The van der Waals surface area contributed by atoms with Crippen LogP contribution in [0.1, 0.15) is 13.8 Å². The maximum atomic E-state index is 12.1. The zero-order valence-electron chi connectivity index (χ0n) is 6.67. The summed E-state index contributed by atoms with van der Waals surface area (Å²) in [6.07, 6.45) is -1.58. The van der Waals surface area contributed by atoms with Gasteiger partial charge in [-0.25, -0.2) is 9.18 Å². The van der Waals surface area contributed by atoms with Gasteiger partial charge >= 0.3 is 5.97 Å². The van der Waals surface area contributed by atoms with Crippen LogP contribution in [0.25, 0.3) is 0 Å². The molecular formula is C7H12FO3. The van der Waals surface area contributed by atoms with Crippen LogP contribution in [0.2, 0.25) is 0 Å². The van der Waals surface area contributed by atoms with Gasteiger partial charge in [0.25, 0.3) is 0 Å². The molecule has 4 heteroatoms. The zero-order chi connectivity index (χ0) is 8.69. The fourth-order valence-corrected chi connectivity index (χ4v) is 0.376. The maximum absolute atomic E-state index is 12.1. The largest absolute Gasteiger partial charge is 0.454 e. The Morgan fingerprint density at radius 3 is 2.82 bits per heavy atom. The molecule has 0 fully saturated rings. The van der Waals surface area contributed by atoms with E-state index in [0.29, 0.717) is 6.61 Å². The normalized spacial score (nSPS) is 12.6.